The molecule has 0 radical (unpaired) electrons. The summed E-state index contributed by atoms with van der Waals surface area (Å²) in [7, 11) is 0. The topological polar surface area (TPSA) is 29.5 Å². The molecule has 1 heterocycles. The van der Waals surface area contributed by atoms with Gasteiger partial charge in [-0.05, 0) is 19.8 Å². The molecule has 1 aliphatic heterocycles. The second kappa shape index (κ2) is 2.46. The predicted molar refractivity (Wildman–Crippen MR) is 30.7 cm³/mol. The average Bonchev–Trinajstić information content (AvgIpc) is 1.77. The summed E-state index contributed by atoms with van der Waals surface area (Å²) in [5, 5.41) is 9.05. The van der Waals surface area contributed by atoms with Gasteiger partial charge in [0.15, 0.2) is 0 Å². The Hall–Kier alpha value is -0.0800. The zero-order chi connectivity index (χ0) is 5.98. The Labute approximate surface area is 49.5 Å². The zero-order valence-electron chi connectivity index (χ0n) is 5.13. The van der Waals surface area contributed by atoms with Crippen molar-refractivity contribution in [2.24, 2.45) is 0 Å². The lowest BCUT2D eigenvalue weighted by atomic mass is 10.1. The van der Waals surface area contributed by atoms with Gasteiger partial charge in [0.1, 0.15) is 0 Å². The SMILES string of the molecule is CC1OCCC[C@@H]1O. The summed E-state index contributed by atoms with van der Waals surface area (Å²) in [5.41, 5.74) is 0. The van der Waals surface area contributed by atoms with E-state index in [2.05, 4.69) is 0 Å². The van der Waals surface area contributed by atoms with Gasteiger partial charge in [-0.25, -0.2) is 0 Å². The molecule has 0 bridgehead atoms. The first-order valence-corrected chi connectivity index (χ1v) is 3.10. The molecule has 1 rings (SSSR count). The van der Waals surface area contributed by atoms with E-state index in [0.29, 0.717) is 0 Å². The van der Waals surface area contributed by atoms with Crippen molar-refractivity contribution in [1.82, 2.24) is 0 Å². The lowest BCUT2D eigenvalue weighted by Gasteiger charge is -2.24. The van der Waals surface area contributed by atoms with E-state index >= 15 is 0 Å². The van der Waals surface area contributed by atoms with Crippen molar-refractivity contribution in [3.05, 3.63) is 0 Å². The highest BCUT2D eigenvalue weighted by Crippen LogP contribution is 2.11. The summed E-state index contributed by atoms with van der Waals surface area (Å²) in [6.07, 6.45) is 1.75. The Bertz CT molecular complexity index is 62.9. The summed E-state index contributed by atoms with van der Waals surface area (Å²) in [5.74, 6) is 0. The van der Waals surface area contributed by atoms with E-state index in [-0.39, 0.29) is 12.2 Å². The van der Waals surface area contributed by atoms with Crippen LogP contribution in [0.2, 0.25) is 0 Å². The van der Waals surface area contributed by atoms with Crippen LogP contribution in [0.5, 0.6) is 0 Å². The smallest absolute Gasteiger partial charge is 0.0805 e. The van der Waals surface area contributed by atoms with E-state index in [9.17, 15) is 0 Å². The Balaban J connectivity index is 2.28. The van der Waals surface area contributed by atoms with E-state index < -0.39 is 0 Å². The van der Waals surface area contributed by atoms with Gasteiger partial charge in [-0.2, -0.15) is 0 Å². The van der Waals surface area contributed by atoms with Crippen LogP contribution in [-0.4, -0.2) is 23.9 Å². The van der Waals surface area contributed by atoms with Crippen LogP contribution in [0.4, 0.5) is 0 Å². The van der Waals surface area contributed by atoms with Crippen molar-refractivity contribution >= 4 is 0 Å². The number of rotatable bonds is 0. The second-order valence-corrected chi connectivity index (χ2v) is 2.29. The normalized spacial score (nSPS) is 39.8. The summed E-state index contributed by atoms with van der Waals surface area (Å²) in [4.78, 5) is 0. The van der Waals surface area contributed by atoms with Crippen LogP contribution in [-0.2, 0) is 4.74 Å². The molecule has 2 heteroatoms. The molecule has 1 unspecified atom stereocenters. The molecule has 2 atom stereocenters. The Morgan fingerprint density at radius 2 is 2.38 bits per heavy atom. The number of aliphatic hydroxyl groups excluding tert-OH is 1. The fourth-order valence-electron chi connectivity index (χ4n) is 0.907. The van der Waals surface area contributed by atoms with Gasteiger partial charge in [0.25, 0.3) is 0 Å². The van der Waals surface area contributed by atoms with Gasteiger partial charge < -0.3 is 9.84 Å². The van der Waals surface area contributed by atoms with Crippen LogP contribution in [0.3, 0.4) is 0 Å². The average molecular weight is 116 g/mol. The predicted octanol–water partition coefficient (Wildman–Crippen LogP) is 0.546. The summed E-state index contributed by atoms with van der Waals surface area (Å²) in [6.45, 7) is 2.72. The van der Waals surface area contributed by atoms with Crippen LogP contribution in [0.25, 0.3) is 0 Å². The minimum Gasteiger partial charge on any atom is -0.390 e. The van der Waals surface area contributed by atoms with Crippen molar-refractivity contribution in [2.45, 2.75) is 32.0 Å². The van der Waals surface area contributed by atoms with E-state index in [0.717, 1.165) is 19.4 Å². The third-order valence-electron chi connectivity index (χ3n) is 1.57. The van der Waals surface area contributed by atoms with Gasteiger partial charge in [0.2, 0.25) is 0 Å². The van der Waals surface area contributed by atoms with Crippen molar-refractivity contribution in [3.8, 4) is 0 Å². The standard InChI is InChI=1S/C6H12O2/c1-5-6(7)3-2-4-8-5/h5-7H,2-4H2,1H3/t5?,6-/m0/s1. The fraction of sp³-hybridized carbons (Fsp3) is 1.00. The summed E-state index contributed by atoms with van der Waals surface area (Å²) < 4.78 is 5.14. The third kappa shape index (κ3) is 1.20. The molecule has 1 N–H and O–H groups in total. The molecule has 0 saturated carbocycles. The minimum atomic E-state index is -0.219. The molecule has 48 valence electrons. The third-order valence-corrected chi connectivity index (χ3v) is 1.57. The molecule has 0 spiro atoms. The monoisotopic (exact) mass is 116 g/mol. The van der Waals surface area contributed by atoms with Gasteiger partial charge in [-0.1, -0.05) is 0 Å². The maximum absolute atomic E-state index is 9.05. The fourth-order valence-corrected chi connectivity index (χ4v) is 0.907. The summed E-state index contributed by atoms with van der Waals surface area (Å²) in [6, 6.07) is 0. The van der Waals surface area contributed by atoms with Crippen LogP contribution in [0.15, 0.2) is 0 Å². The zero-order valence-corrected chi connectivity index (χ0v) is 5.13. The van der Waals surface area contributed by atoms with Crippen LogP contribution in [0, 0.1) is 0 Å². The number of hydrogen-bond donors (Lipinski definition) is 1. The molecule has 0 aromatic carbocycles. The van der Waals surface area contributed by atoms with Gasteiger partial charge >= 0.3 is 0 Å². The highest BCUT2D eigenvalue weighted by molar-refractivity contribution is 4.67. The first kappa shape index (κ1) is 6.05. The molecule has 0 aliphatic carbocycles. The van der Waals surface area contributed by atoms with Gasteiger partial charge in [-0.3, -0.25) is 0 Å². The Kier molecular flexibility index (Phi) is 1.86. The second-order valence-electron chi connectivity index (χ2n) is 2.29. The molecule has 1 aliphatic rings. The molecule has 0 aromatic rings. The van der Waals surface area contributed by atoms with E-state index in [1.165, 1.54) is 0 Å². The number of aliphatic hydroxyl groups is 1. The minimum absolute atomic E-state index is 0.0590. The largest absolute Gasteiger partial charge is 0.390 e. The lowest BCUT2D eigenvalue weighted by molar-refractivity contribution is -0.0634. The Morgan fingerprint density at radius 1 is 1.62 bits per heavy atom. The molecular formula is C6H12O2. The highest BCUT2D eigenvalue weighted by atomic mass is 16.5. The van der Waals surface area contributed by atoms with Crippen molar-refractivity contribution < 1.29 is 9.84 Å². The van der Waals surface area contributed by atoms with Crippen LogP contribution < -0.4 is 0 Å². The van der Waals surface area contributed by atoms with Crippen molar-refractivity contribution in [1.29, 1.82) is 0 Å². The van der Waals surface area contributed by atoms with E-state index in [1.54, 1.807) is 0 Å². The maximum Gasteiger partial charge on any atom is 0.0805 e. The van der Waals surface area contributed by atoms with Crippen LogP contribution >= 0.6 is 0 Å². The van der Waals surface area contributed by atoms with E-state index in [1.807, 2.05) is 6.92 Å². The molecule has 1 fully saturated rings. The number of ether oxygens (including phenoxy) is 1. The highest BCUT2D eigenvalue weighted by Gasteiger charge is 2.18. The number of hydrogen-bond acceptors (Lipinski definition) is 2. The van der Waals surface area contributed by atoms with Crippen molar-refractivity contribution in [2.75, 3.05) is 6.61 Å². The first-order chi connectivity index (χ1) is 3.80. The molecule has 8 heavy (non-hydrogen) atoms. The van der Waals surface area contributed by atoms with E-state index in [4.69, 9.17) is 9.84 Å². The molecule has 0 aromatic heterocycles. The summed E-state index contributed by atoms with van der Waals surface area (Å²) >= 11 is 0. The lowest BCUT2D eigenvalue weighted by Crippen LogP contribution is -2.30. The first-order valence-electron chi connectivity index (χ1n) is 3.10. The molecule has 1 saturated heterocycles. The quantitative estimate of drug-likeness (QED) is 0.500. The van der Waals surface area contributed by atoms with Crippen molar-refractivity contribution in [3.63, 3.8) is 0 Å². The molecule has 2 nitrogen and oxygen atoms in total. The van der Waals surface area contributed by atoms with Crippen LogP contribution in [0.1, 0.15) is 19.8 Å². The maximum atomic E-state index is 9.05. The van der Waals surface area contributed by atoms with Gasteiger partial charge in [0, 0.05) is 6.61 Å². The molecule has 0 amide bonds. The Morgan fingerprint density at radius 3 is 2.75 bits per heavy atom. The molecular weight excluding hydrogens is 104 g/mol. The van der Waals surface area contributed by atoms with Gasteiger partial charge in [-0.15, -0.1) is 0 Å². The van der Waals surface area contributed by atoms with Gasteiger partial charge in [0.05, 0.1) is 12.2 Å².